The number of carboxylic acids is 1. The monoisotopic (exact) mass is 189 g/mol. The second kappa shape index (κ2) is 6.01. The lowest BCUT2D eigenvalue weighted by molar-refractivity contribution is -0.140. The summed E-state index contributed by atoms with van der Waals surface area (Å²) in [5, 5.41) is 18.8. The van der Waals surface area contributed by atoms with Gasteiger partial charge in [0.15, 0.2) is 6.04 Å². The molecule has 6 nitrogen and oxygen atoms in total. The maximum Gasteiger partial charge on any atom is 0.408 e. The number of hydrogen-bond acceptors (Lipinski definition) is 4. The Labute approximate surface area is 74.8 Å². The van der Waals surface area contributed by atoms with Gasteiger partial charge >= 0.3 is 12.1 Å². The quantitative estimate of drug-likeness (QED) is 0.499. The Morgan fingerprint density at radius 3 is 2.62 bits per heavy atom. The summed E-state index contributed by atoms with van der Waals surface area (Å²) < 4.78 is 4.43. The summed E-state index contributed by atoms with van der Waals surface area (Å²) in [7, 11) is 0. The van der Waals surface area contributed by atoms with Crippen molar-refractivity contribution in [3.63, 3.8) is 0 Å². The first-order valence-corrected chi connectivity index (χ1v) is 3.49. The third-order valence-corrected chi connectivity index (χ3v) is 1.11. The minimum Gasteiger partial charge on any atom is -0.480 e. The molecule has 1 atom stereocenters. The molecule has 0 aromatic rings. The fourth-order valence-electron chi connectivity index (χ4n) is 0.504. The minimum absolute atomic E-state index is 0.0103. The average molecular weight is 189 g/mol. The first-order valence-electron chi connectivity index (χ1n) is 3.49. The van der Waals surface area contributed by atoms with E-state index < -0.39 is 24.7 Å². The van der Waals surface area contributed by atoms with Crippen LogP contribution in [0.25, 0.3) is 0 Å². The number of carbonyl (C=O) groups is 2. The summed E-state index contributed by atoms with van der Waals surface area (Å²) in [6.45, 7) is 2.60. The number of ether oxygens (including phenoxy) is 1. The molecule has 13 heavy (non-hydrogen) atoms. The topological polar surface area (TPSA) is 95.9 Å². The number of aliphatic hydroxyl groups excluding tert-OH is 1. The summed E-state index contributed by atoms with van der Waals surface area (Å²) in [5.41, 5.74) is 0. The molecule has 0 aliphatic rings. The van der Waals surface area contributed by atoms with Crippen molar-refractivity contribution in [1.29, 1.82) is 0 Å². The average Bonchev–Trinajstić information content (AvgIpc) is 2.10. The molecule has 1 amide bonds. The molecule has 6 heteroatoms. The molecule has 0 aromatic carbocycles. The number of alkyl carbamates (subject to hydrolysis) is 1. The maximum absolute atomic E-state index is 10.7. The summed E-state index contributed by atoms with van der Waals surface area (Å²) in [6, 6.07) is -1.34. The van der Waals surface area contributed by atoms with Gasteiger partial charge in [0.1, 0.15) is 6.61 Å². The third kappa shape index (κ3) is 4.81. The fraction of sp³-hybridized carbons (Fsp3) is 0.429. The van der Waals surface area contributed by atoms with Crippen LogP contribution in [0.2, 0.25) is 0 Å². The van der Waals surface area contributed by atoms with Crippen molar-refractivity contribution in [3.8, 4) is 0 Å². The number of aliphatic hydroxyl groups is 1. The zero-order chi connectivity index (χ0) is 10.3. The summed E-state index contributed by atoms with van der Waals surface area (Å²) in [5.74, 6) is -1.32. The molecule has 0 spiro atoms. The molecule has 0 aromatic heterocycles. The van der Waals surface area contributed by atoms with Crippen molar-refractivity contribution in [3.05, 3.63) is 12.7 Å². The van der Waals surface area contributed by atoms with Gasteiger partial charge in [-0.05, 0) is 0 Å². The summed E-state index contributed by atoms with van der Waals surface area (Å²) >= 11 is 0. The van der Waals surface area contributed by atoms with E-state index in [0.29, 0.717) is 0 Å². The van der Waals surface area contributed by atoms with Gasteiger partial charge in [-0.1, -0.05) is 12.7 Å². The van der Waals surface area contributed by atoms with Gasteiger partial charge in [0.25, 0.3) is 0 Å². The lowest BCUT2D eigenvalue weighted by Crippen LogP contribution is -2.43. The molecule has 3 N–H and O–H groups in total. The lowest BCUT2D eigenvalue weighted by atomic mass is 10.3. The van der Waals surface area contributed by atoms with E-state index in [1.165, 1.54) is 6.08 Å². The van der Waals surface area contributed by atoms with E-state index in [2.05, 4.69) is 11.3 Å². The molecule has 0 saturated heterocycles. The highest BCUT2D eigenvalue weighted by molar-refractivity contribution is 5.79. The van der Waals surface area contributed by atoms with Crippen LogP contribution in [0.1, 0.15) is 0 Å². The first kappa shape index (κ1) is 11.4. The highest BCUT2D eigenvalue weighted by atomic mass is 16.5. The van der Waals surface area contributed by atoms with Gasteiger partial charge in [-0.3, -0.25) is 0 Å². The predicted octanol–water partition coefficient (Wildman–Crippen LogP) is -0.656. The van der Waals surface area contributed by atoms with E-state index in [-0.39, 0.29) is 6.61 Å². The normalized spacial score (nSPS) is 11.5. The molecule has 0 rings (SSSR count). The Kier molecular flexibility index (Phi) is 5.29. The van der Waals surface area contributed by atoms with Crippen LogP contribution in [-0.2, 0) is 9.53 Å². The number of amides is 1. The van der Waals surface area contributed by atoms with Crippen LogP contribution in [0, 0.1) is 0 Å². The molecule has 0 unspecified atom stereocenters. The largest absolute Gasteiger partial charge is 0.480 e. The second-order valence-corrected chi connectivity index (χ2v) is 2.10. The van der Waals surface area contributed by atoms with E-state index >= 15 is 0 Å². The number of hydrogen-bond donors (Lipinski definition) is 3. The highest BCUT2D eigenvalue weighted by Gasteiger charge is 2.18. The van der Waals surface area contributed by atoms with Gasteiger partial charge in [0, 0.05) is 0 Å². The molecule has 0 heterocycles. The molecule has 0 saturated carbocycles. The highest BCUT2D eigenvalue weighted by Crippen LogP contribution is 1.85. The van der Waals surface area contributed by atoms with Crippen LogP contribution < -0.4 is 5.32 Å². The molecular formula is C7H11NO5. The van der Waals surface area contributed by atoms with E-state index in [9.17, 15) is 9.59 Å². The number of carboxylic acid groups (broad SMARTS) is 1. The lowest BCUT2D eigenvalue weighted by Gasteiger charge is -2.10. The van der Waals surface area contributed by atoms with Crippen LogP contribution in [0.15, 0.2) is 12.7 Å². The van der Waals surface area contributed by atoms with Crippen molar-refractivity contribution in [2.75, 3.05) is 13.2 Å². The van der Waals surface area contributed by atoms with E-state index in [1.54, 1.807) is 0 Å². The third-order valence-electron chi connectivity index (χ3n) is 1.11. The van der Waals surface area contributed by atoms with Gasteiger partial charge in [-0.2, -0.15) is 0 Å². The maximum atomic E-state index is 10.7. The van der Waals surface area contributed by atoms with E-state index in [1.807, 2.05) is 5.32 Å². The Hall–Kier alpha value is -1.56. The molecule has 74 valence electrons. The SMILES string of the molecule is C=CCOC(=O)N[C@@H](CO)C(=O)O. The van der Waals surface area contributed by atoms with Gasteiger partial charge in [-0.25, -0.2) is 9.59 Å². The Balaban J connectivity index is 3.86. The van der Waals surface area contributed by atoms with Crippen LogP contribution in [0.4, 0.5) is 4.79 Å². The fourth-order valence-corrected chi connectivity index (χ4v) is 0.504. The molecule has 0 aliphatic carbocycles. The van der Waals surface area contributed by atoms with Gasteiger partial charge < -0.3 is 20.3 Å². The van der Waals surface area contributed by atoms with Gasteiger partial charge in [0.2, 0.25) is 0 Å². The molecule has 0 fully saturated rings. The second-order valence-electron chi connectivity index (χ2n) is 2.10. The Morgan fingerprint density at radius 2 is 2.23 bits per heavy atom. The molecule has 0 aliphatic heterocycles. The van der Waals surface area contributed by atoms with Crippen molar-refractivity contribution in [2.24, 2.45) is 0 Å². The minimum atomic E-state index is -1.34. The predicted molar refractivity (Wildman–Crippen MR) is 43.2 cm³/mol. The Morgan fingerprint density at radius 1 is 1.62 bits per heavy atom. The smallest absolute Gasteiger partial charge is 0.408 e. The van der Waals surface area contributed by atoms with Crippen LogP contribution >= 0.6 is 0 Å². The first-order chi connectivity index (χ1) is 6.11. The molecular weight excluding hydrogens is 178 g/mol. The number of aliphatic carboxylic acids is 1. The number of nitrogens with one attached hydrogen (secondary N) is 1. The summed E-state index contributed by atoms with van der Waals surface area (Å²) in [6.07, 6.45) is 0.440. The van der Waals surface area contributed by atoms with Crippen molar-refractivity contribution < 1.29 is 24.5 Å². The summed E-state index contributed by atoms with van der Waals surface area (Å²) in [4.78, 5) is 21.0. The number of rotatable bonds is 5. The zero-order valence-electron chi connectivity index (χ0n) is 6.90. The molecule has 0 bridgehead atoms. The van der Waals surface area contributed by atoms with Crippen LogP contribution in [0.5, 0.6) is 0 Å². The Bertz CT molecular complexity index is 203. The van der Waals surface area contributed by atoms with Crippen molar-refractivity contribution in [1.82, 2.24) is 5.32 Å². The van der Waals surface area contributed by atoms with Crippen molar-refractivity contribution in [2.45, 2.75) is 6.04 Å². The van der Waals surface area contributed by atoms with Gasteiger partial charge in [0.05, 0.1) is 6.61 Å². The van der Waals surface area contributed by atoms with Gasteiger partial charge in [-0.15, -0.1) is 0 Å². The van der Waals surface area contributed by atoms with Crippen LogP contribution in [-0.4, -0.2) is 41.5 Å². The molecule has 0 radical (unpaired) electrons. The standard InChI is InChI=1S/C7H11NO5/c1-2-3-13-7(12)8-5(4-9)6(10)11/h2,5,9H,1,3-4H2,(H,8,12)(H,10,11)/t5-/m0/s1. The van der Waals surface area contributed by atoms with Crippen molar-refractivity contribution >= 4 is 12.1 Å². The van der Waals surface area contributed by atoms with E-state index in [4.69, 9.17) is 10.2 Å². The van der Waals surface area contributed by atoms with Crippen LogP contribution in [0.3, 0.4) is 0 Å². The van der Waals surface area contributed by atoms with E-state index in [0.717, 1.165) is 0 Å². The number of carbonyl (C=O) groups excluding carboxylic acids is 1. The zero-order valence-corrected chi connectivity index (χ0v) is 6.90.